The number of para-hydroxylation sites is 1. The molecule has 164 valence electrons. The molecule has 2 fully saturated rings. The number of carbonyl (C=O) groups is 2. The number of hydrogen-bond acceptors (Lipinski definition) is 4. The van der Waals surface area contributed by atoms with Gasteiger partial charge in [0.05, 0.1) is 17.8 Å². The lowest BCUT2D eigenvalue weighted by Crippen LogP contribution is -2.51. The number of rotatable bonds is 5. The van der Waals surface area contributed by atoms with E-state index in [2.05, 4.69) is 30.1 Å². The summed E-state index contributed by atoms with van der Waals surface area (Å²) in [6.45, 7) is 9.18. The molecule has 2 aliphatic heterocycles. The van der Waals surface area contributed by atoms with Crippen LogP contribution in [0.3, 0.4) is 0 Å². The Kier molecular flexibility index (Phi) is 6.56. The predicted molar refractivity (Wildman–Crippen MR) is 124 cm³/mol. The summed E-state index contributed by atoms with van der Waals surface area (Å²) in [7, 11) is 0. The first kappa shape index (κ1) is 21.4. The molecule has 2 amide bonds. The Balaban J connectivity index is 1.39. The first-order chi connectivity index (χ1) is 15.0. The Morgan fingerprint density at radius 3 is 2.23 bits per heavy atom. The van der Waals surface area contributed by atoms with Crippen molar-refractivity contribution in [3.8, 4) is 0 Å². The molecular weight excluding hydrogens is 388 g/mol. The van der Waals surface area contributed by atoms with E-state index in [1.165, 1.54) is 11.1 Å². The maximum atomic E-state index is 13.3. The number of piperazine rings is 1. The first-order valence-corrected chi connectivity index (χ1v) is 11.2. The fourth-order valence-corrected chi connectivity index (χ4v) is 4.35. The number of nitrogens with one attached hydrogen (secondary N) is 1. The molecule has 4 rings (SSSR count). The number of aryl methyl sites for hydroxylation is 1. The van der Waals surface area contributed by atoms with Crippen LogP contribution in [0.1, 0.15) is 34.3 Å². The Labute approximate surface area is 184 Å². The molecule has 2 heterocycles. The molecule has 0 aromatic heterocycles. The van der Waals surface area contributed by atoms with Crippen LogP contribution in [0.4, 0.5) is 11.4 Å². The summed E-state index contributed by atoms with van der Waals surface area (Å²) in [5.74, 6) is 0.263. The third kappa shape index (κ3) is 4.90. The van der Waals surface area contributed by atoms with Gasteiger partial charge in [-0.05, 0) is 56.0 Å². The van der Waals surface area contributed by atoms with E-state index in [-0.39, 0.29) is 11.8 Å². The van der Waals surface area contributed by atoms with Gasteiger partial charge in [0.15, 0.2) is 0 Å². The van der Waals surface area contributed by atoms with Gasteiger partial charge >= 0.3 is 0 Å². The molecule has 2 aromatic carbocycles. The highest BCUT2D eigenvalue weighted by Crippen LogP contribution is 2.26. The Bertz CT molecular complexity index is 944. The average Bonchev–Trinajstić information content (AvgIpc) is 3.33. The molecule has 0 saturated carbocycles. The number of hydrogen-bond donors (Lipinski definition) is 1. The summed E-state index contributed by atoms with van der Waals surface area (Å²) < 4.78 is 0. The minimum absolute atomic E-state index is 0.0407. The molecule has 6 heteroatoms. The van der Waals surface area contributed by atoms with Gasteiger partial charge in [-0.15, -0.1) is 0 Å². The molecule has 2 saturated heterocycles. The monoisotopic (exact) mass is 420 g/mol. The molecule has 0 bridgehead atoms. The van der Waals surface area contributed by atoms with Gasteiger partial charge < -0.3 is 15.1 Å². The number of amides is 2. The maximum Gasteiger partial charge on any atom is 0.256 e. The molecule has 0 atom stereocenters. The number of benzene rings is 2. The van der Waals surface area contributed by atoms with Crippen LogP contribution in [0.25, 0.3) is 0 Å². The second-order valence-corrected chi connectivity index (χ2v) is 8.57. The number of carbonyl (C=O) groups excluding carboxylic acids is 2. The minimum atomic E-state index is 0.0407. The topological polar surface area (TPSA) is 55.9 Å². The van der Waals surface area contributed by atoms with Crippen LogP contribution < -0.4 is 5.32 Å². The van der Waals surface area contributed by atoms with Crippen molar-refractivity contribution >= 4 is 23.2 Å². The van der Waals surface area contributed by atoms with Crippen molar-refractivity contribution in [2.24, 2.45) is 0 Å². The molecular formula is C25H32N4O2. The van der Waals surface area contributed by atoms with Crippen molar-refractivity contribution in [2.75, 3.05) is 51.1 Å². The maximum absolute atomic E-state index is 13.3. The van der Waals surface area contributed by atoms with Crippen molar-refractivity contribution in [3.05, 3.63) is 59.2 Å². The van der Waals surface area contributed by atoms with Crippen LogP contribution in [0, 0.1) is 13.8 Å². The quantitative estimate of drug-likeness (QED) is 0.805. The summed E-state index contributed by atoms with van der Waals surface area (Å²) in [6.07, 6.45) is 2.23. The second kappa shape index (κ2) is 9.52. The van der Waals surface area contributed by atoms with Gasteiger partial charge in [0.2, 0.25) is 5.91 Å². The van der Waals surface area contributed by atoms with Crippen molar-refractivity contribution in [3.63, 3.8) is 0 Å². The smallest absolute Gasteiger partial charge is 0.256 e. The van der Waals surface area contributed by atoms with Gasteiger partial charge in [-0.1, -0.05) is 24.3 Å². The van der Waals surface area contributed by atoms with E-state index in [1.54, 1.807) is 0 Å². The van der Waals surface area contributed by atoms with Gasteiger partial charge in [0.25, 0.3) is 5.91 Å². The van der Waals surface area contributed by atoms with Crippen LogP contribution in [-0.2, 0) is 4.79 Å². The molecule has 2 aromatic rings. The summed E-state index contributed by atoms with van der Waals surface area (Å²) in [5, 5.41) is 3.46. The fourth-order valence-electron chi connectivity index (χ4n) is 4.35. The molecule has 1 N–H and O–H groups in total. The van der Waals surface area contributed by atoms with Crippen LogP contribution in [0.5, 0.6) is 0 Å². The fraction of sp³-hybridized carbons (Fsp3) is 0.440. The lowest BCUT2D eigenvalue weighted by Gasteiger charge is -2.35. The third-order valence-corrected chi connectivity index (χ3v) is 6.51. The Morgan fingerprint density at radius 1 is 0.806 bits per heavy atom. The van der Waals surface area contributed by atoms with E-state index in [9.17, 15) is 9.59 Å². The first-order valence-electron chi connectivity index (χ1n) is 11.2. The van der Waals surface area contributed by atoms with Gasteiger partial charge in [-0.2, -0.15) is 0 Å². The Morgan fingerprint density at radius 2 is 1.48 bits per heavy atom. The lowest BCUT2D eigenvalue weighted by molar-refractivity contribution is -0.131. The SMILES string of the molecule is Cc1cccc(Nc2ccccc2C(=O)N2CCN(CC(=O)N3CCCC3)CC2)c1C. The average molecular weight is 421 g/mol. The molecule has 0 radical (unpaired) electrons. The molecule has 0 aliphatic carbocycles. The zero-order valence-corrected chi connectivity index (χ0v) is 18.6. The normalized spacial score (nSPS) is 17.1. The molecule has 31 heavy (non-hydrogen) atoms. The van der Waals surface area contributed by atoms with Crippen LogP contribution in [-0.4, -0.2) is 72.3 Å². The van der Waals surface area contributed by atoms with Crippen molar-refractivity contribution in [1.82, 2.24) is 14.7 Å². The minimum Gasteiger partial charge on any atom is -0.355 e. The standard InChI is InChI=1S/C25H32N4O2/c1-19-8-7-11-22(20(19)2)26-23-10-4-3-9-21(23)25(31)29-16-14-27(15-17-29)18-24(30)28-12-5-6-13-28/h3-4,7-11,26H,5-6,12-18H2,1-2H3. The van der Waals surface area contributed by atoms with Gasteiger partial charge in [0, 0.05) is 45.0 Å². The summed E-state index contributed by atoms with van der Waals surface area (Å²) in [6, 6.07) is 13.9. The Hall–Kier alpha value is -2.86. The zero-order chi connectivity index (χ0) is 21.8. The number of nitrogens with zero attached hydrogens (tertiary/aromatic N) is 3. The largest absolute Gasteiger partial charge is 0.355 e. The number of anilines is 2. The third-order valence-electron chi connectivity index (χ3n) is 6.51. The summed E-state index contributed by atoms with van der Waals surface area (Å²) >= 11 is 0. The summed E-state index contributed by atoms with van der Waals surface area (Å²) in [5.41, 5.74) is 4.93. The van der Waals surface area contributed by atoms with Gasteiger partial charge in [-0.25, -0.2) is 0 Å². The van der Waals surface area contributed by atoms with Crippen molar-refractivity contribution < 1.29 is 9.59 Å². The van der Waals surface area contributed by atoms with E-state index in [0.29, 0.717) is 25.2 Å². The highest BCUT2D eigenvalue weighted by Gasteiger charge is 2.26. The van der Waals surface area contributed by atoms with Crippen LogP contribution in [0.15, 0.2) is 42.5 Å². The van der Waals surface area contributed by atoms with E-state index >= 15 is 0 Å². The van der Waals surface area contributed by atoms with E-state index in [0.717, 1.165) is 50.4 Å². The van der Waals surface area contributed by atoms with Crippen molar-refractivity contribution in [2.45, 2.75) is 26.7 Å². The number of likely N-dealkylation sites (tertiary alicyclic amines) is 1. The molecule has 0 unspecified atom stereocenters. The lowest BCUT2D eigenvalue weighted by atomic mass is 10.1. The van der Waals surface area contributed by atoms with E-state index in [1.807, 2.05) is 46.2 Å². The summed E-state index contributed by atoms with van der Waals surface area (Å²) in [4.78, 5) is 31.7. The van der Waals surface area contributed by atoms with E-state index < -0.39 is 0 Å². The molecule has 2 aliphatic rings. The second-order valence-electron chi connectivity index (χ2n) is 8.57. The van der Waals surface area contributed by atoms with Gasteiger partial charge in [0.1, 0.15) is 0 Å². The zero-order valence-electron chi connectivity index (χ0n) is 18.6. The van der Waals surface area contributed by atoms with Gasteiger partial charge in [-0.3, -0.25) is 14.5 Å². The van der Waals surface area contributed by atoms with Crippen LogP contribution >= 0.6 is 0 Å². The predicted octanol–water partition coefficient (Wildman–Crippen LogP) is 3.43. The highest BCUT2D eigenvalue weighted by molar-refractivity contribution is 6.00. The van der Waals surface area contributed by atoms with Crippen LogP contribution in [0.2, 0.25) is 0 Å². The van der Waals surface area contributed by atoms with Crippen molar-refractivity contribution in [1.29, 1.82) is 0 Å². The highest BCUT2D eigenvalue weighted by atomic mass is 16.2. The molecule has 0 spiro atoms. The van der Waals surface area contributed by atoms with E-state index in [4.69, 9.17) is 0 Å². The molecule has 6 nitrogen and oxygen atoms in total.